The zero-order valence-electron chi connectivity index (χ0n) is 13.0. The molecule has 1 heterocycles. The van der Waals surface area contributed by atoms with E-state index in [1.54, 1.807) is 0 Å². The molecule has 1 rings (SSSR count). The van der Waals surface area contributed by atoms with Gasteiger partial charge in [-0.15, -0.1) is 0 Å². The normalized spacial score (nSPS) is 21.2. The van der Waals surface area contributed by atoms with Gasteiger partial charge in [0.2, 0.25) is 0 Å². The Kier molecular flexibility index (Phi) is 9.43. The summed E-state index contributed by atoms with van der Waals surface area (Å²) in [5.41, 5.74) is 0. The fraction of sp³-hybridized carbons (Fsp3) is 1.00. The first-order chi connectivity index (χ1) is 9.27. The Morgan fingerprint density at radius 3 is 2.89 bits per heavy atom. The molecule has 0 bridgehead atoms. The maximum Gasteiger partial charge on any atom is 0.0702 e. The SMILES string of the molecule is CCOCCCNCC(C)N(CC)CC1CCCO1. The van der Waals surface area contributed by atoms with Crippen LogP contribution in [0.1, 0.15) is 40.0 Å². The molecular formula is C15H32N2O2. The molecule has 0 aliphatic carbocycles. The van der Waals surface area contributed by atoms with Crippen molar-refractivity contribution in [3.05, 3.63) is 0 Å². The van der Waals surface area contributed by atoms with Crippen molar-refractivity contribution in [1.29, 1.82) is 0 Å². The van der Waals surface area contributed by atoms with Crippen LogP contribution in [0.15, 0.2) is 0 Å². The Bertz CT molecular complexity index is 208. The fourth-order valence-corrected chi connectivity index (χ4v) is 2.55. The van der Waals surface area contributed by atoms with Gasteiger partial charge in [-0.3, -0.25) is 4.90 Å². The van der Waals surface area contributed by atoms with Crippen molar-refractivity contribution >= 4 is 0 Å². The van der Waals surface area contributed by atoms with E-state index in [1.807, 2.05) is 6.92 Å². The van der Waals surface area contributed by atoms with Gasteiger partial charge in [-0.1, -0.05) is 6.92 Å². The maximum atomic E-state index is 5.73. The van der Waals surface area contributed by atoms with Gasteiger partial charge in [0.1, 0.15) is 0 Å². The lowest BCUT2D eigenvalue weighted by molar-refractivity contribution is 0.0617. The predicted molar refractivity (Wildman–Crippen MR) is 79.7 cm³/mol. The van der Waals surface area contributed by atoms with Crippen LogP contribution in [-0.2, 0) is 9.47 Å². The number of rotatable bonds is 11. The second kappa shape index (κ2) is 10.6. The lowest BCUT2D eigenvalue weighted by atomic mass is 10.2. The Morgan fingerprint density at radius 2 is 2.26 bits per heavy atom. The Labute approximate surface area is 118 Å². The molecule has 0 aromatic rings. The molecule has 2 unspecified atom stereocenters. The second-order valence-corrected chi connectivity index (χ2v) is 5.33. The molecule has 1 fully saturated rings. The number of hydrogen-bond acceptors (Lipinski definition) is 4. The summed E-state index contributed by atoms with van der Waals surface area (Å²) in [6.45, 7) is 13.5. The molecule has 4 heteroatoms. The minimum absolute atomic E-state index is 0.459. The number of likely N-dealkylation sites (N-methyl/N-ethyl adjacent to an activating group) is 1. The standard InChI is InChI=1S/C15H32N2O2/c1-4-17(13-15-8-6-11-19-15)14(3)12-16-9-7-10-18-5-2/h14-16H,4-13H2,1-3H3. The van der Waals surface area contributed by atoms with Crippen LogP contribution >= 0.6 is 0 Å². The van der Waals surface area contributed by atoms with Crippen molar-refractivity contribution in [3.8, 4) is 0 Å². The second-order valence-electron chi connectivity index (χ2n) is 5.33. The van der Waals surface area contributed by atoms with Crippen molar-refractivity contribution in [1.82, 2.24) is 10.2 Å². The van der Waals surface area contributed by atoms with Gasteiger partial charge in [0, 0.05) is 39.0 Å². The fourth-order valence-electron chi connectivity index (χ4n) is 2.55. The lowest BCUT2D eigenvalue weighted by Gasteiger charge is -2.30. The van der Waals surface area contributed by atoms with Crippen molar-refractivity contribution in [3.63, 3.8) is 0 Å². The molecule has 114 valence electrons. The number of nitrogens with zero attached hydrogens (tertiary/aromatic N) is 1. The van der Waals surface area contributed by atoms with Crippen molar-refractivity contribution in [2.75, 3.05) is 46.0 Å². The highest BCUT2D eigenvalue weighted by Gasteiger charge is 2.21. The molecule has 1 saturated heterocycles. The lowest BCUT2D eigenvalue weighted by Crippen LogP contribution is -2.44. The van der Waals surface area contributed by atoms with Gasteiger partial charge in [-0.25, -0.2) is 0 Å². The van der Waals surface area contributed by atoms with Gasteiger partial charge >= 0.3 is 0 Å². The molecule has 1 N–H and O–H groups in total. The molecule has 1 aliphatic heterocycles. The van der Waals surface area contributed by atoms with Crippen LogP contribution in [0.4, 0.5) is 0 Å². The van der Waals surface area contributed by atoms with Crippen LogP contribution in [0.3, 0.4) is 0 Å². The first kappa shape index (κ1) is 16.9. The molecule has 4 nitrogen and oxygen atoms in total. The van der Waals surface area contributed by atoms with E-state index >= 15 is 0 Å². The first-order valence-corrected chi connectivity index (χ1v) is 7.92. The summed E-state index contributed by atoms with van der Waals surface area (Å²) >= 11 is 0. The van der Waals surface area contributed by atoms with E-state index < -0.39 is 0 Å². The molecule has 2 atom stereocenters. The highest BCUT2D eigenvalue weighted by Crippen LogP contribution is 2.14. The third-order valence-electron chi connectivity index (χ3n) is 3.78. The Balaban J connectivity index is 2.08. The minimum atomic E-state index is 0.459. The quantitative estimate of drug-likeness (QED) is 0.582. The van der Waals surface area contributed by atoms with Gasteiger partial charge in [0.05, 0.1) is 6.10 Å². The first-order valence-electron chi connectivity index (χ1n) is 7.92. The van der Waals surface area contributed by atoms with E-state index in [0.29, 0.717) is 12.1 Å². The van der Waals surface area contributed by atoms with Crippen LogP contribution in [-0.4, -0.2) is 63.0 Å². The van der Waals surface area contributed by atoms with E-state index in [2.05, 4.69) is 24.1 Å². The van der Waals surface area contributed by atoms with E-state index in [9.17, 15) is 0 Å². The maximum absolute atomic E-state index is 5.73. The molecule has 0 spiro atoms. The van der Waals surface area contributed by atoms with E-state index in [1.165, 1.54) is 12.8 Å². The summed E-state index contributed by atoms with van der Waals surface area (Å²) in [6, 6.07) is 0.571. The molecular weight excluding hydrogens is 240 g/mol. The summed E-state index contributed by atoms with van der Waals surface area (Å²) in [5.74, 6) is 0. The third kappa shape index (κ3) is 7.25. The summed E-state index contributed by atoms with van der Waals surface area (Å²) in [5, 5.41) is 3.52. The van der Waals surface area contributed by atoms with Gasteiger partial charge in [0.15, 0.2) is 0 Å². The smallest absolute Gasteiger partial charge is 0.0702 e. The monoisotopic (exact) mass is 272 g/mol. The summed E-state index contributed by atoms with van der Waals surface area (Å²) < 4.78 is 11.1. The van der Waals surface area contributed by atoms with Crippen LogP contribution in [0, 0.1) is 0 Å². The Hall–Kier alpha value is -0.160. The van der Waals surface area contributed by atoms with Crippen molar-refractivity contribution in [2.45, 2.75) is 52.2 Å². The van der Waals surface area contributed by atoms with E-state index in [0.717, 1.165) is 52.4 Å². The van der Waals surface area contributed by atoms with Crippen LogP contribution in [0.2, 0.25) is 0 Å². The molecule has 0 amide bonds. The minimum Gasteiger partial charge on any atom is -0.382 e. The molecule has 0 aromatic heterocycles. The van der Waals surface area contributed by atoms with E-state index in [-0.39, 0.29) is 0 Å². The Morgan fingerprint density at radius 1 is 1.42 bits per heavy atom. The van der Waals surface area contributed by atoms with Crippen LogP contribution < -0.4 is 5.32 Å². The number of nitrogens with one attached hydrogen (secondary N) is 1. The molecule has 0 aromatic carbocycles. The van der Waals surface area contributed by atoms with Gasteiger partial charge < -0.3 is 14.8 Å². The number of ether oxygens (including phenoxy) is 2. The largest absolute Gasteiger partial charge is 0.382 e. The highest BCUT2D eigenvalue weighted by molar-refractivity contribution is 4.75. The third-order valence-corrected chi connectivity index (χ3v) is 3.78. The summed E-state index contributed by atoms with van der Waals surface area (Å²) in [7, 11) is 0. The number of hydrogen-bond donors (Lipinski definition) is 1. The zero-order chi connectivity index (χ0) is 13.9. The molecule has 0 saturated carbocycles. The van der Waals surface area contributed by atoms with Crippen molar-refractivity contribution < 1.29 is 9.47 Å². The summed E-state index contributed by atoms with van der Waals surface area (Å²) in [6.07, 6.45) is 4.01. The predicted octanol–water partition coefficient (Wildman–Crippen LogP) is 1.89. The van der Waals surface area contributed by atoms with Gasteiger partial charge in [0.25, 0.3) is 0 Å². The molecule has 19 heavy (non-hydrogen) atoms. The van der Waals surface area contributed by atoms with E-state index in [4.69, 9.17) is 9.47 Å². The van der Waals surface area contributed by atoms with Crippen LogP contribution in [0.25, 0.3) is 0 Å². The highest BCUT2D eigenvalue weighted by atomic mass is 16.5. The molecule has 0 radical (unpaired) electrons. The van der Waals surface area contributed by atoms with Gasteiger partial charge in [-0.2, -0.15) is 0 Å². The average Bonchev–Trinajstić information content (AvgIpc) is 2.92. The van der Waals surface area contributed by atoms with Crippen molar-refractivity contribution in [2.24, 2.45) is 0 Å². The molecule has 1 aliphatic rings. The zero-order valence-corrected chi connectivity index (χ0v) is 13.0. The topological polar surface area (TPSA) is 33.7 Å². The van der Waals surface area contributed by atoms with Crippen LogP contribution in [0.5, 0.6) is 0 Å². The summed E-state index contributed by atoms with van der Waals surface area (Å²) in [4.78, 5) is 2.52. The average molecular weight is 272 g/mol. The van der Waals surface area contributed by atoms with Gasteiger partial charge in [-0.05, 0) is 46.2 Å².